The molecule has 0 aromatic carbocycles. The summed E-state index contributed by atoms with van der Waals surface area (Å²) in [6, 6.07) is 0. The highest BCUT2D eigenvalue weighted by molar-refractivity contribution is 5.69. The largest absolute Gasteiger partial charge is 0.427 e. The molecule has 24 heavy (non-hydrogen) atoms. The molecule has 0 aromatic heterocycles. The Morgan fingerprint density at radius 3 is 1.79 bits per heavy atom. The van der Waals surface area contributed by atoms with Gasteiger partial charge in [-0.2, -0.15) is 0 Å². The van der Waals surface area contributed by atoms with Crippen LogP contribution in [0.1, 0.15) is 58.3 Å². The zero-order chi connectivity index (χ0) is 18.3. The number of unbranched alkanes of at least 4 members (excludes halogenated alkanes) is 6. The van der Waals surface area contributed by atoms with Crippen LogP contribution >= 0.6 is 0 Å². The Bertz CT molecular complexity index is 372. The minimum Gasteiger partial charge on any atom is -0.427 e. The van der Waals surface area contributed by atoms with Gasteiger partial charge in [-0.1, -0.05) is 45.4 Å². The third-order valence-electron chi connectivity index (χ3n) is 4.46. The van der Waals surface area contributed by atoms with Crippen molar-refractivity contribution in [1.82, 2.24) is 0 Å². The van der Waals surface area contributed by atoms with E-state index < -0.39 is 42.3 Å². The third-order valence-corrected chi connectivity index (χ3v) is 4.46. The number of hydrogen-bond acceptors (Lipinski definition) is 8. The molecule has 1 aliphatic carbocycles. The van der Waals surface area contributed by atoms with E-state index in [9.17, 15) is 35.4 Å². The average molecular weight is 350 g/mol. The van der Waals surface area contributed by atoms with Crippen LogP contribution in [0.3, 0.4) is 0 Å². The molecule has 0 unspecified atom stereocenters. The Labute approximate surface area is 141 Å². The number of aliphatic hydroxyl groups excluding tert-OH is 5. The van der Waals surface area contributed by atoms with Gasteiger partial charge in [-0.3, -0.25) is 4.79 Å². The number of hydrogen-bond donors (Lipinski definition) is 6. The molecule has 0 radical (unpaired) electrons. The van der Waals surface area contributed by atoms with Crippen molar-refractivity contribution in [2.75, 3.05) is 0 Å². The zero-order valence-electron chi connectivity index (χ0n) is 14.0. The molecule has 0 bridgehead atoms. The molecule has 1 aliphatic rings. The standard InChI is InChI=1S/C16H30O8/c1-2-3-4-5-6-7-8-9-10(17)24-16(23)14(21)12(19)11(18)13(20)15(16)22/h11-15,18-23H,2-9H2,1H3/t11-,12-,13+,14-,15-,16-/m1/s1. The van der Waals surface area contributed by atoms with Crippen LogP contribution in [0.5, 0.6) is 0 Å². The molecule has 6 atom stereocenters. The van der Waals surface area contributed by atoms with Crippen LogP contribution in [0.4, 0.5) is 0 Å². The van der Waals surface area contributed by atoms with Crippen molar-refractivity contribution in [2.45, 2.75) is 94.6 Å². The summed E-state index contributed by atoms with van der Waals surface area (Å²) in [6.45, 7) is 2.13. The predicted octanol–water partition coefficient (Wildman–Crippen LogP) is -0.823. The molecular formula is C16H30O8. The van der Waals surface area contributed by atoms with Gasteiger partial charge in [-0.25, -0.2) is 0 Å². The first-order valence-electron chi connectivity index (χ1n) is 8.60. The Morgan fingerprint density at radius 2 is 1.29 bits per heavy atom. The van der Waals surface area contributed by atoms with Gasteiger partial charge in [0, 0.05) is 6.42 Å². The zero-order valence-corrected chi connectivity index (χ0v) is 14.0. The van der Waals surface area contributed by atoms with Gasteiger partial charge in [-0.05, 0) is 6.42 Å². The maximum Gasteiger partial charge on any atom is 0.308 e. The lowest BCUT2D eigenvalue weighted by molar-refractivity contribution is -0.347. The number of carbonyl (C=O) groups excluding carboxylic acids is 1. The number of aliphatic hydroxyl groups is 6. The first-order valence-corrected chi connectivity index (χ1v) is 8.60. The molecule has 8 nitrogen and oxygen atoms in total. The molecule has 1 saturated carbocycles. The van der Waals surface area contributed by atoms with Crippen LogP contribution < -0.4 is 0 Å². The molecule has 0 saturated heterocycles. The van der Waals surface area contributed by atoms with E-state index in [2.05, 4.69) is 6.92 Å². The first-order chi connectivity index (χ1) is 11.3. The monoisotopic (exact) mass is 350 g/mol. The van der Waals surface area contributed by atoms with Gasteiger partial charge in [0.25, 0.3) is 5.79 Å². The molecule has 1 fully saturated rings. The van der Waals surface area contributed by atoms with Gasteiger partial charge in [0.15, 0.2) is 12.2 Å². The van der Waals surface area contributed by atoms with Gasteiger partial charge >= 0.3 is 5.97 Å². The Hall–Kier alpha value is -0.770. The summed E-state index contributed by atoms with van der Waals surface area (Å²) < 4.78 is 4.72. The van der Waals surface area contributed by atoms with E-state index in [0.717, 1.165) is 32.1 Å². The number of ether oxygens (including phenoxy) is 1. The van der Waals surface area contributed by atoms with Gasteiger partial charge in [0.1, 0.15) is 18.3 Å². The van der Waals surface area contributed by atoms with Crippen LogP contribution in [0.25, 0.3) is 0 Å². The molecule has 6 N–H and O–H groups in total. The van der Waals surface area contributed by atoms with Gasteiger partial charge in [0.05, 0.1) is 0 Å². The highest BCUT2D eigenvalue weighted by Gasteiger charge is 2.60. The summed E-state index contributed by atoms with van der Waals surface area (Å²) in [6.07, 6.45) is -3.19. The van der Waals surface area contributed by atoms with E-state index in [4.69, 9.17) is 4.74 Å². The maximum atomic E-state index is 11.8. The second-order valence-corrected chi connectivity index (χ2v) is 6.46. The van der Waals surface area contributed by atoms with Crippen molar-refractivity contribution in [3.8, 4) is 0 Å². The number of carbonyl (C=O) groups is 1. The van der Waals surface area contributed by atoms with Gasteiger partial charge in [-0.15, -0.1) is 0 Å². The summed E-state index contributed by atoms with van der Waals surface area (Å²) in [4.78, 5) is 11.8. The fourth-order valence-corrected chi connectivity index (χ4v) is 2.82. The van der Waals surface area contributed by atoms with Crippen LogP contribution in [0, 0.1) is 0 Å². The van der Waals surface area contributed by atoms with Crippen molar-refractivity contribution in [2.24, 2.45) is 0 Å². The number of esters is 1. The minimum absolute atomic E-state index is 0.0235. The van der Waals surface area contributed by atoms with E-state index in [0.29, 0.717) is 6.42 Å². The van der Waals surface area contributed by atoms with E-state index in [1.54, 1.807) is 0 Å². The molecule has 0 heterocycles. The molecule has 0 aliphatic heterocycles. The first kappa shape index (κ1) is 21.3. The van der Waals surface area contributed by atoms with Crippen molar-refractivity contribution in [3.05, 3.63) is 0 Å². The van der Waals surface area contributed by atoms with Crippen LogP contribution in [-0.2, 0) is 9.53 Å². The van der Waals surface area contributed by atoms with Gasteiger partial charge in [0.2, 0.25) is 0 Å². The molecule has 8 heteroatoms. The lowest BCUT2D eigenvalue weighted by Crippen LogP contribution is -2.72. The van der Waals surface area contributed by atoms with Crippen LogP contribution in [0.15, 0.2) is 0 Å². The van der Waals surface area contributed by atoms with Crippen LogP contribution in [-0.4, -0.2) is 72.9 Å². The highest BCUT2D eigenvalue weighted by atomic mass is 16.7. The summed E-state index contributed by atoms with van der Waals surface area (Å²) >= 11 is 0. The average Bonchev–Trinajstić information content (AvgIpc) is 2.56. The topological polar surface area (TPSA) is 148 Å². The third kappa shape index (κ3) is 5.11. The highest BCUT2D eigenvalue weighted by Crippen LogP contribution is 2.32. The van der Waals surface area contributed by atoms with E-state index in [-0.39, 0.29) is 6.42 Å². The Balaban J connectivity index is 2.44. The molecule has 0 aromatic rings. The Morgan fingerprint density at radius 1 is 0.833 bits per heavy atom. The second-order valence-electron chi connectivity index (χ2n) is 6.46. The summed E-state index contributed by atoms with van der Waals surface area (Å²) in [7, 11) is 0. The molecule has 1 rings (SSSR count). The van der Waals surface area contributed by atoms with E-state index in [1.807, 2.05) is 0 Å². The van der Waals surface area contributed by atoms with E-state index >= 15 is 0 Å². The van der Waals surface area contributed by atoms with Crippen molar-refractivity contribution < 1.29 is 40.2 Å². The summed E-state index contributed by atoms with van der Waals surface area (Å²) in [5, 5.41) is 58.3. The summed E-state index contributed by atoms with van der Waals surface area (Å²) in [5.74, 6) is -3.73. The minimum atomic E-state index is -2.86. The number of rotatable bonds is 9. The van der Waals surface area contributed by atoms with Gasteiger partial charge < -0.3 is 35.4 Å². The van der Waals surface area contributed by atoms with E-state index in [1.165, 1.54) is 6.42 Å². The normalized spacial score (nSPS) is 36.5. The van der Waals surface area contributed by atoms with Crippen molar-refractivity contribution in [1.29, 1.82) is 0 Å². The molecule has 142 valence electrons. The fraction of sp³-hybridized carbons (Fsp3) is 0.938. The summed E-state index contributed by atoms with van der Waals surface area (Å²) in [5.41, 5.74) is 0. The van der Waals surface area contributed by atoms with Crippen molar-refractivity contribution in [3.63, 3.8) is 0 Å². The molecular weight excluding hydrogens is 320 g/mol. The smallest absolute Gasteiger partial charge is 0.308 e. The second kappa shape index (κ2) is 9.65. The molecule has 0 amide bonds. The SMILES string of the molecule is CCCCCCCCCC(=O)O[C@]1(O)[C@H](O)[C@H](O)[C@@H](O)[C@H](O)[C@H]1O. The predicted molar refractivity (Wildman–Crippen MR) is 83.7 cm³/mol. The van der Waals surface area contributed by atoms with Crippen molar-refractivity contribution >= 4 is 5.97 Å². The Kier molecular flexibility index (Phi) is 8.55. The quantitative estimate of drug-likeness (QED) is 0.179. The lowest BCUT2D eigenvalue weighted by atomic mass is 9.82. The maximum absolute atomic E-state index is 11.8. The fourth-order valence-electron chi connectivity index (χ4n) is 2.82. The lowest BCUT2D eigenvalue weighted by Gasteiger charge is -2.46. The molecule has 0 spiro atoms. The van der Waals surface area contributed by atoms with Crippen LogP contribution in [0.2, 0.25) is 0 Å².